The molecule has 0 fully saturated rings. The molecule has 0 aliphatic heterocycles. The Balaban J connectivity index is 1.72. The van der Waals surface area contributed by atoms with Gasteiger partial charge in [-0.05, 0) is 43.0 Å². The lowest BCUT2D eigenvalue weighted by atomic mass is 10.1. The summed E-state index contributed by atoms with van der Waals surface area (Å²) in [5.74, 6) is -0.736. The van der Waals surface area contributed by atoms with Gasteiger partial charge in [0.05, 0.1) is 0 Å². The molecule has 0 aliphatic carbocycles. The number of rotatable bonds is 6. The molecule has 2 aromatic carbocycles. The smallest absolute Gasteiger partial charge is 0.280 e. The van der Waals surface area contributed by atoms with Crippen LogP contribution >= 0.6 is 0 Å². The molecular weight excluding hydrogens is 368 g/mol. The highest BCUT2D eigenvalue weighted by molar-refractivity contribution is 6.06. The lowest BCUT2D eigenvalue weighted by molar-refractivity contribution is -0.116. The number of nitrogens with one attached hydrogen (secondary N) is 2. The van der Waals surface area contributed by atoms with Crippen LogP contribution in [0.3, 0.4) is 0 Å². The van der Waals surface area contributed by atoms with Crippen molar-refractivity contribution in [1.29, 1.82) is 0 Å². The molecule has 0 spiro atoms. The van der Waals surface area contributed by atoms with Crippen LogP contribution in [-0.4, -0.2) is 26.8 Å². The Morgan fingerprint density at radius 3 is 2.41 bits per heavy atom. The predicted octanol–water partition coefficient (Wildman–Crippen LogP) is 2.93. The molecular formula is C21H24N6O2. The Morgan fingerprint density at radius 2 is 1.72 bits per heavy atom. The van der Waals surface area contributed by atoms with Gasteiger partial charge in [0.1, 0.15) is 6.54 Å². The van der Waals surface area contributed by atoms with E-state index in [1.54, 1.807) is 0 Å². The van der Waals surface area contributed by atoms with Gasteiger partial charge in [0.25, 0.3) is 5.91 Å². The number of carbonyl (C=O) groups excluding carboxylic acids is 2. The topological polar surface area (TPSA) is 115 Å². The molecule has 3 aromatic rings. The second-order valence-corrected chi connectivity index (χ2v) is 6.76. The Morgan fingerprint density at radius 1 is 1.03 bits per heavy atom. The zero-order valence-electron chi connectivity index (χ0n) is 16.7. The van der Waals surface area contributed by atoms with Crippen molar-refractivity contribution < 1.29 is 9.59 Å². The summed E-state index contributed by atoms with van der Waals surface area (Å²) in [5, 5.41) is 13.4. The molecule has 29 heavy (non-hydrogen) atoms. The number of aromatic nitrogens is 3. The fourth-order valence-electron chi connectivity index (χ4n) is 3.06. The number of hydrogen-bond donors (Lipinski definition) is 3. The number of para-hydroxylation sites is 2. The molecule has 4 N–H and O–H groups in total. The van der Waals surface area contributed by atoms with Crippen molar-refractivity contribution in [1.82, 2.24) is 15.0 Å². The van der Waals surface area contributed by atoms with Gasteiger partial charge in [-0.3, -0.25) is 9.59 Å². The molecule has 0 atom stereocenters. The normalized spacial score (nSPS) is 10.6. The van der Waals surface area contributed by atoms with E-state index in [9.17, 15) is 9.59 Å². The van der Waals surface area contributed by atoms with Crippen molar-refractivity contribution in [2.24, 2.45) is 0 Å². The van der Waals surface area contributed by atoms with Gasteiger partial charge in [-0.2, -0.15) is 0 Å². The third kappa shape index (κ3) is 4.43. The van der Waals surface area contributed by atoms with Crippen molar-refractivity contribution in [2.45, 2.75) is 33.7 Å². The second kappa shape index (κ2) is 8.55. The van der Waals surface area contributed by atoms with Crippen LogP contribution in [0.25, 0.3) is 0 Å². The molecule has 2 amide bonds. The molecule has 8 nitrogen and oxygen atoms in total. The maximum absolute atomic E-state index is 12.6. The standard InChI is InChI=1S/C21H24N6O2/c1-4-15-10-5-6-11-16(15)23-21(29)19-20(22)27(26-25-19)12-17(28)24-18-13(2)8-7-9-14(18)3/h5-11H,4,12,22H2,1-3H3,(H,23,29)(H,24,28). The first-order valence-corrected chi connectivity index (χ1v) is 9.35. The minimum Gasteiger partial charge on any atom is -0.382 e. The highest BCUT2D eigenvalue weighted by Crippen LogP contribution is 2.20. The van der Waals surface area contributed by atoms with E-state index in [1.165, 1.54) is 4.68 Å². The number of benzene rings is 2. The molecule has 8 heteroatoms. The Hall–Kier alpha value is -3.68. The summed E-state index contributed by atoms with van der Waals surface area (Å²) in [7, 11) is 0. The van der Waals surface area contributed by atoms with E-state index >= 15 is 0 Å². The highest BCUT2D eigenvalue weighted by Gasteiger charge is 2.20. The zero-order chi connectivity index (χ0) is 21.0. The number of carbonyl (C=O) groups is 2. The highest BCUT2D eigenvalue weighted by atomic mass is 16.2. The Labute approximate surface area is 169 Å². The number of aryl methyl sites for hydroxylation is 3. The summed E-state index contributed by atoms with van der Waals surface area (Å²) in [6.45, 7) is 5.70. The van der Waals surface area contributed by atoms with E-state index in [-0.39, 0.29) is 24.0 Å². The van der Waals surface area contributed by atoms with Gasteiger partial charge >= 0.3 is 0 Å². The van der Waals surface area contributed by atoms with Gasteiger partial charge in [-0.25, -0.2) is 4.68 Å². The maximum Gasteiger partial charge on any atom is 0.280 e. The number of nitrogen functional groups attached to an aromatic ring is 1. The molecule has 0 saturated carbocycles. The number of nitrogens with two attached hydrogens (primary N) is 1. The van der Waals surface area contributed by atoms with Crippen molar-refractivity contribution >= 4 is 29.0 Å². The summed E-state index contributed by atoms with van der Waals surface area (Å²) < 4.78 is 1.21. The SMILES string of the molecule is CCc1ccccc1NC(=O)c1nnn(CC(=O)Nc2c(C)cccc2C)c1N. The third-order valence-electron chi connectivity index (χ3n) is 4.67. The molecule has 0 radical (unpaired) electrons. The average Bonchev–Trinajstić information content (AvgIpc) is 3.05. The molecule has 0 aliphatic rings. The van der Waals surface area contributed by atoms with E-state index in [0.29, 0.717) is 5.69 Å². The average molecular weight is 392 g/mol. The summed E-state index contributed by atoms with van der Waals surface area (Å²) in [4.78, 5) is 25.0. The molecule has 0 bridgehead atoms. The van der Waals surface area contributed by atoms with E-state index in [1.807, 2.05) is 63.2 Å². The Kier molecular flexibility index (Phi) is 5.92. The summed E-state index contributed by atoms with van der Waals surface area (Å²) in [6.07, 6.45) is 0.775. The molecule has 0 saturated heterocycles. The number of anilines is 3. The van der Waals surface area contributed by atoms with Crippen LogP contribution in [0.4, 0.5) is 17.2 Å². The minimum absolute atomic E-state index is 0.0178. The van der Waals surface area contributed by atoms with Crippen LogP contribution in [0.2, 0.25) is 0 Å². The van der Waals surface area contributed by atoms with E-state index in [2.05, 4.69) is 20.9 Å². The van der Waals surface area contributed by atoms with Gasteiger partial charge in [0, 0.05) is 11.4 Å². The number of nitrogens with zero attached hydrogens (tertiary/aromatic N) is 3. The van der Waals surface area contributed by atoms with Gasteiger partial charge in [0.15, 0.2) is 11.5 Å². The second-order valence-electron chi connectivity index (χ2n) is 6.76. The van der Waals surface area contributed by atoms with Crippen molar-refractivity contribution in [3.8, 4) is 0 Å². The fourth-order valence-corrected chi connectivity index (χ4v) is 3.06. The Bertz CT molecular complexity index is 1040. The fraction of sp³-hybridized carbons (Fsp3) is 0.238. The third-order valence-corrected chi connectivity index (χ3v) is 4.67. The van der Waals surface area contributed by atoms with Crippen LogP contribution in [0, 0.1) is 13.8 Å². The minimum atomic E-state index is -0.468. The molecule has 3 rings (SSSR count). The first kappa shape index (κ1) is 20.1. The number of hydrogen-bond acceptors (Lipinski definition) is 5. The van der Waals surface area contributed by atoms with Gasteiger partial charge in [-0.1, -0.05) is 48.5 Å². The zero-order valence-corrected chi connectivity index (χ0v) is 16.7. The molecule has 1 heterocycles. The maximum atomic E-state index is 12.6. The molecule has 1 aromatic heterocycles. The summed E-state index contributed by atoms with van der Waals surface area (Å²) >= 11 is 0. The van der Waals surface area contributed by atoms with Crippen molar-refractivity contribution in [3.63, 3.8) is 0 Å². The van der Waals surface area contributed by atoms with Crippen LogP contribution in [0.1, 0.15) is 34.1 Å². The first-order valence-electron chi connectivity index (χ1n) is 9.35. The van der Waals surface area contributed by atoms with E-state index < -0.39 is 5.91 Å². The predicted molar refractivity (Wildman–Crippen MR) is 113 cm³/mol. The van der Waals surface area contributed by atoms with Crippen LogP contribution in [0.15, 0.2) is 42.5 Å². The monoisotopic (exact) mass is 392 g/mol. The quantitative estimate of drug-likeness (QED) is 0.597. The van der Waals surface area contributed by atoms with Crippen molar-refractivity contribution in [3.05, 3.63) is 64.8 Å². The molecule has 0 unspecified atom stereocenters. The van der Waals surface area contributed by atoms with Gasteiger partial charge in [0.2, 0.25) is 5.91 Å². The first-order chi connectivity index (χ1) is 13.9. The van der Waals surface area contributed by atoms with E-state index in [4.69, 9.17) is 5.73 Å². The van der Waals surface area contributed by atoms with Gasteiger partial charge in [-0.15, -0.1) is 5.10 Å². The van der Waals surface area contributed by atoms with E-state index in [0.717, 1.165) is 28.8 Å². The van der Waals surface area contributed by atoms with Gasteiger partial charge < -0.3 is 16.4 Å². The van der Waals surface area contributed by atoms with Crippen LogP contribution < -0.4 is 16.4 Å². The van der Waals surface area contributed by atoms with Crippen molar-refractivity contribution in [2.75, 3.05) is 16.4 Å². The molecule has 150 valence electrons. The largest absolute Gasteiger partial charge is 0.382 e. The lowest BCUT2D eigenvalue weighted by Gasteiger charge is -2.11. The number of amides is 2. The van der Waals surface area contributed by atoms with Crippen LogP contribution in [-0.2, 0) is 17.8 Å². The lowest BCUT2D eigenvalue weighted by Crippen LogP contribution is -2.22. The summed E-state index contributed by atoms with van der Waals surface area (Å²) in [5.41, 5.74) is 10.4. The van der Waals surface area contributed by atoms with Crippen LogP contribution in [0.5, 0.6) is 0 Å². The summed E-state index contributed by atoms with van der Waals surface area (Å²) in [6, 6.07) is 13.3.